The summed E-state index contributed by atoms with van der Waals surface area (Å²) in [4.78, 5) is 27.0. The second kappa shape index (κ2) is 10.9. The Morgan fingerprint density at radius 1 is 1.03 bits per heavy atom. The minimum atomic E-state index is -1.00. The van der Waals surface area contributed by atoms with Gasteiger partial charge in [-0.2, -0.15) is 0 Å². The van der Waals surface area contributed by atoms with Gasteiger partial charge in [0.15, 0.2) is 0 Å². The molecule has 0 unspecified atom stereocenters. The number of benzene rings is 2. The van der Waals surface area contributed by atoms with Crippen LogP contribution in [-0.2, 0) is 25.5 Å². The number of hydrogen-bond acceptors (Lipinski definition) is 5. The molecule has 35 heavy (non-hydrogen) atoms. The van der Waals surface area contributed by atoms with Crippen LogP contribution in [0.15, 0.2) is 60.7 Å². The van der Waals surface area contributed by atoms with Crippen LogP contribution in [0.2, 0.25) is 0 Å². The number of esters is 2. The predicted molar refractivity (Wildman–Crippen MR) is 137 cm³/mol. The largest absolute Gasteiger partial charge is 0.468 e. The van der Waals surface area contributed by atoms with E-state index in [0.717, 1.165) is 24.0 Å². The van der Waals surface area contributed by atoms with Crippen molar-refractivity contribution in [2.75, 3.05) is 7.11 Å². The van der Waals surface area contributed by atoms with Crippen molar-refractivity contribution < 1.29 is 19.1 Å². The molecule has 1 saturated heterocycles. The topological polar surface area (TPSA) is 64.6 Å². The van der Waals surface area contributed by atoms with Crippen molar-refractivity contribution in [2.24, 2.45) is 23.7 Å². The molecule has 188 valence electrons. The summed E-state index contributed by atoms with van der Waals surface area (Å²) < 4.78 is 11.6. The molecule has 4 rings (SSSR count). The van der Waals surface area contributed by atoms with Crippen LogP contribution in [0.3, 0.4) is 0 Å². The van der Waals surface area contributed by atoms with Crippen LogP contribution < -0.4 is 5.32 Å². The van der Waals surface area contributed by atoms with Crippen molar-refractivity contribution in [1.82, 2.24) is 5.32 Å². The van der Waals surface area contributed by atoms with E-state index >= 15 is 0 Å². The zero-order valence-electron chi connectivity index (χ0n) is 21.4. The van der Waals surface area contributed by atoms with Gasteiger partial charge in [0.05, 0.1) is 13.0 Å². The molecule has 1 saturated carbocycles. The third kappa shape index (κ3) is 5.61. The molecule has 0 radical (unpaired) electrons. The lowest BCUT2D eigenvalue weighted by molar-refractivity contribution is -0.161. The Labute approximate surface area is 209 Å². The van der Waals surface area contributed by atoms with Gasteiger partial charge >= 0.3 is 11.9 Å². The molecule has 2 aromatic rings. The highest BCUT2D eigenvalue weighted by Crippen LogP contribution is 2.43. The molecule has 0 bridgehead atoms. The predicted octanol–water partition coefficient (Wildman–Crippen LogP) is 5.50. The van der Waals surface area contributed by atoms with Gasteiger partial charge in [0.25, 0.3) is 0 Å². The first-order valence-corrected chi connectivity index (χ1v) is 13.0. The van der Waals surface area contributed by atoms with Gasteiger partial charge in [-0.15, -0.1) is 0 Å². The summed E-state index contributed by atoms with van der Waals surface area (Å²) >= 11 is 0. The molecule has 6 atom stereocenters. The van der Waals surface area contributed by atoms with Gasteiger partial charge in [0.1, 0.15) is 11.6 Å². The molecule has 2 aromatic carbocycles. The van der Waals surface area contributed by atoms with Crippen molar-refractivity contribution in [1.29, 1.82) is 0 Å². The fraction of sp³-hybridized carbons (Fsp3) is 0.533. The van der Waals surface area contributed by atoms with E-state index in [-0.39, 0.29) is 24.1 Å². The van der Waals surface area contributed by atoms with Crippen molar-refractivity contribution in [3.8, 4) is 0 Å². The minimum Gasteiger partial charge on any atom is -0.468 e. The van der Waals surface area contributed by atoms with Crippen molar-refractivity contribution in [3.63, 3.8) is 0 Å². The van der Waals surface area contributed by atoms with E-state index in [1.807, 2.05) is 60.7 Å². The van der Waals surface area contributed by atoms with Crippen LogP contribution in [0.4, 0.5) is 0 Å². The molecule has 2 aliphatic rings. The molecule has 0 spiro atoms. The third-order valence-corrected chi connectivity index (χ3v) is 8.02. The molecule has 0 amide bonds. The molecule has 1 N–H and O–H groups in total. The number of nitrogens with one attached hydrogen (secondary N) is 1. The first-order valence-electron chi connectivity index (χ1n) is 13.0. The molecule has 0 aromatic heterocycles. The average molecular weight is 478 g/mol. The van der Waals surface area contributed by atoms with Crippen LogP contribution in [-0.4, -0.2) is 30.7 Å². The van der Waals surface area contributed by atoms with Crippen LogP contribution in [0.5, 0.6) is 0 Å². The fourth-order valence-corrected chi connectivity index (χ4v) is 6.11. The van der Waals surface area contributed by atoms with Gasteiger partial charge in [-0.3, -0.25) is 14.9 Å². The van der Waals surface area contributed by atoms with E-state index in [9.17, 15) is 9.59 Å². The fourth-order valence-electron chi connectivity index (χ4n) is 6.11. The molecule has 1 aliphatic heterocycles. The lowest BCUT2D eigenvalue weighted by Gasteiger charge is -2.37. The van der Waals surface area contributed by atoms with Gasteiger partial charge in [-0.05, 0) is 48.1 Å². The molecule has 2 fully saturated rings. The standard InChI is InChI=1S/C30H39NO4/c1-20(2)24-16-15-21(3)17-26(24)35-28(32)25-19-30(29(33)34-4,18-22-11-7-5-8-12-22)31-27(25)23-13-9-6-10-14-23/h5-14,20-21,24-27,31H,15-19H2,1-4H3/t21-,24+,25+,26-,27+,30+/m1/s1. The monoisotopic (exact) mass is 477 g/mol. The maximum absolute atomic E-state index is 13.8. The zero-order chi connectivity index (χ0) is 25.0. The van der Waals surface area contributed by atoms with E-state index < -0.39 is 11.5 Å². The number of hydrogen-bond donors (Lipinski definition) is 1. The van der Waals surface area contributed by atoms with Gasteiger partial charge in [0.2, 0.25) is 0 Å². The minimum absolute atomic E-state index is 0.0788. The van der Waals surface area contributed by atoms with Crippen molar-refractivity contribution in [2.45, 2.75) is 70.6 Å². The lowest BCUT2D eigenvalue weighted by Crippen LogP contribution is -2.50. The highest BCUT2D eigenvalue weighted by molar-refractivity contribution is 5.85. The van der Waals surface area contributed by atoms with E-state index in [1.54, 1.807) is 0 Å². The molecule has 5 nitrogen and oxygen atoms in total. The highest BCUT2D eigenvalue weighted by Gasteiger charge is 2.54. The first kappa shape index (κ1) is 25.4. The second-order valence-electron chi connectivity index (χ2n) is 10.9. The maximum atomic E-state index is 13.8. The Morgan fingerprint density at radius 2 is 1.69 bits per heavy atom. The molecule has 5 heteroatoms. The summed E-state index contributed by atoms with van der Waals surface area (Å²) in [5.41, 5.74) is 0.996. The molecular formula is C30H39NO4. The summed E-state index contributed by atoms with van der Waals surface area (Å²) in [5, 5.41) is 3.56. The Balaban J connectivity index is 1.65. The first-order chi connectivity index (χ1) is 16.8. The van der Waals surface area contributed by atoms with Crippen LogP contribution in [0, 0.1) is 23.7 Å². The van der Waals surface area contributed by atoms with E-state index in [1.165, 1.54) is 13.5 Å². The molecule has 1 heterocycles. The van der Waals surface area contributed by atoms with Gasteiger partial charge < -0.3 is 9.47 Å². The molecule has 1 aliphatic carbocycles. The third-order valence-electron chi connectivity index (χ3n) is 8.02. The Morgan fingerprint density at radius 3 is 2.31 bits per heavy atom. The zero-order valence-corrected chi connectivity index (χ0v) is 21.4. The average Bonchev–Trinajstić information content (AvgIpc) is 3.25. The summed E-state index contributed by atoms with van der Waals surface area (Å²) in [7, 11) is 1.41. The Bertz CT molecular complexity index is 992. The van der Waals surface area contributed by atoms with Crippen LogP contribution in [0.1, 0.15) is 63.6 Å². The SMILES string of the molecule is COC(=O)[C@]1(Cc2ccccc2)C[C@H](C(=O)O[C@@H]2C[C@H](C)CC[C@H]2C(C)C)[C@H](c2ccccc2)N1. The van der Waals surface area contributed by atoms with Gasteiger partial charge in [-0.25, -0.2) is 0 Å². The van der Waals surface area contributed by atoms with Gasteiger partial charge in [-0.1, -0.05) is 87.9 Å². The second-order valence-corrected chi connectivity index (χ2v) is 10.9. The van der Waals surface area contributed by atoms with E-state index in [2.05, 4.69) is 26.1 Å². The van der Waals surface area contributed by atoms with E-state index in [0.29, 0.717) is 30.6 Å². The number of methoxy groups -OCH3 is 1. The lowest BCUT2D eigenvalue weighted by atomic mass is 9.75. The number of carbonyl (C=O) groups is 2. The van der Waals surface area contributed by atoms with Crippen LogP contribution >= 0.6 is 0 Å². The van der Waals surface area contributed by atoms with Gasteiger partial charge in [0, 0.05) is 12.5 Å². The number of carbonyl (C=O) groups excluding carboxylic acids is 2. The van der Waals surface area contributed by atoms with Crippen molar-refractivity contribution in [3.05, 3.63) is 71.8 Å². The van der Waals surface area contributed by atoms with Crippen LogP contribution in [0.25, 0.3) is 0 Å². The smallest absolute Gasteiger partial charge is 0.326 e. The summed E-state index contributed by atoms with van der Waals surface area (Å²) in [5.74, 6) is 0.333. The summed E-state index contributed by atoms with van der Waals surface area (Å²) in [6, 6.07) is 19.5. The highest BCUT2D eigenvalue weighted by atomic mass is 16.5. The summed E-state index contributed by atoms with van der Waals surface area (Å²) in [6.07, 6.45) is 3.87. The number of ether oxygens (including phenoxy) is 2. The molecular weight excluding hydrogens is 438 g/mol. The van der Waals surface area contributed by atoms with E-state index in [4.69, 9.17) is 9.47 Å². The quantitative estimate of drug-likeness (QED) is 0.534. The Hall–Kier alpha value is -2.66. The summed E-state index contributed by atoms with van der Waals surface area (Å²) in [6.45, 7) is 6.67. The number of rotatable bonds is 7. The normalized spacial score (nSPS) is 30.7. The maximum Gasteiger partial charge on any atom is 0.326 e. The Kier molecular flexibility index (Phi) is 7.95. The van der Waals surface area contributed by atoms with Crippen molar-refractivity contribution >= 4 is 11.9 Å².